The second-order valence-electron chi connectivity index (χ2n) is 7.39. The molecule has 0 spiro atoms. The Labute approximate surface area is 166 Å². The molecule has 10 heteroatoms. The molecule has 2 fully saturated rings. The summed E-state index contributed by atoms with van der Waals surface area (Å²) in [5, 5.41) is 15.9. The van der Waals surface area contributed by atoms with Gasteiger partial charge in [-0.1, -0.05) is 19.3 Å². The summed E-state index contributed by atoms with van der Waals surface area (Å²) >= 11 is 0. The van der Waals surface area contributed by atoms with Crippen LogP contribution in [0.3, 0.4) is 0 Å². The second kappa shape index (κ2) is 7.61. The van der Waals surface area contributed by atoms with Crippen LogP contribution >= 0.6 is 0 Å². The zero-order chi connectivity index (χ0) is 20.4. The van der Waals surface area contributed by atoms with Crippen LogP contribution in [0.1, 0.15) is 42.6 Å². The minimum absolute atomic E-state index is 0.0303. The normalized spacial score (nSPS) is 22.2. The van der Waals surface area contributed by atoms with E-state index in [4.69, 9.17) is 0 Å². The minimum atomic E-state index is -1.15. The Morgan fingerprint density at radius 3 is 2.59 bits per heavy atom. The summed E-state index contributed by atoms with van der Waals surface area (Å²) in [7, 11) is 0. The number of hydrogen-bond donors (Lipinski definition) is 3. The topological polar surface area (TPSA) is 118 Å². The van der Waals surface area contributed by atoms with Crippen molar-refractivity contribution in [3.8, 4) is 5.69 Å². The number of halogens is 1. The van der Waals surface area contributed by atoms with Crippen molar-refractivity contribution in [1.82, 2.24) is 30.9 Å². The summed E-state index contributed by atoms with van der Waals surface area (Å²) in [5.41, 5.74) is -0.593. The highest BCUT2D eigenvalue weighted by Crippen LogP contribution is 2.34. The van der Waals surface area contributed by atoms with E-state index in [1.807, 2.05) is 0 Å². The van der Waals surface area contributed by atoms with Crippen molar-refractivity contribution in [3.63, 3.8) is 0 Å². The standard InChI is InChI=1S/C19H21FN6O3/c20-13-6-8-14(9-7-13)26-22-10-15(25-26)16(27)21-11-19(12-4-2-1-3-5-12)17(28)23-18(29)24-19/h6-10,12H,1-5,11H2,(H,21,27)(H2,23,24,28,29)/t19-/m0/s1. The molecule has 3 N–H and O–H groups in total. The van der Waals surface area contributed by atoms with E-state index in [9.17, 15) is 18.8 Å². The third-order valence-corrected chi connectivity index (χ3v) is 5.58. The van der Waals surface area contributed by atoms with Gasteiger partial charge in [-0.3, -0.25) is 14.9 Å². The van der Waals surface area contributed by atoms with Gasteiger partial charge in [0.1, 0.15) is 11.4 Å². The molecule has 9 nitrogen and oxygen atoms in total. The average molecular weight is 400 g/mol. The van der Waals surface area contributed by atoms with Crippen LogP contribution in [0.4, 0.5) is 9.18 Å². The average Bonchev–Trinajstić information content (AvgIpc) is 3.32. The Hall–Kier alpha value is -3.30. The van der Waals surface area contributed by atoms with Crippen molar-refractivity contribution in [2.24, 2.45) is 5.92 Å². The molecule has 4 amide bonds. The number of carbonyl (C=O) groups is 3. The van der Waals surface area contributed by atoms with Crippen LogP contribution in [0.5, 0.6) is 0 Å². The van der Waals surface area contributed by atoms with E-state index in [2.05, 4.69) is 26.1 Å². The molecule has 1 aliphatic carbocycles. The van der Waals surface area contributed by atoms with Gasteiger partial charge in [0.25, 0.3) is 11.8 Å². The fourth-order valence-corrected chi connectivity index (χ4v) is 4.03. The molecule has 4 rings (SSSR count). The van der Waals surface area contributed by atoms with E-state index >= 15 is 0 Å². The maximum Gasteiger partial charge on any atom is 0.322 e. The summed E-state index contributed by atoms with van der Waals surface area (Å²) in [4.78, 5) is 38.2. The molecule has 1 aromatic heterocycles. The van der Waals surface area contributed by atoms with Crippen molar-refractivity contribution < 1.29 is 18.8 Å². The van der Waals surface area contributed by atoms with Crippen LogP contribution in [-0.2, 0) is 4.79 Å². The first-order chi connectivity index (χ1) is 14.0. The molecular weight excluding hydrogens is 379 g/mol. The molecule has 2 aromatic rings. The number of amides is 4. The van der Waals surface area contributed by atoms with Crippen molar-refractivity contribution >= 4 is 17.8 Å². The van der Waals surface area contributed by atoms with Gasteiger partial charge in [-0.2, -0.15) is 9.90 Å². The number of urea groups is 1. The smallest absolute Gasteiger partial charge is 0.322 e. The number of carbonyl (C=O) groups excluding carboxylic acids is 3. The number of hydrogen-bond acceptors (Lipinski definition) is 5. The van der Waals surface area contributed by atoms with E-state index < -0.39 is 23.4 Å². The third kappa shape index (κ3) is 3.69. The number of imide groups is 1. The van der Waals surface area contributed by atoms with E-state index in [0.717, 1.165) is 32.1 Å². The summed E-state index contributed by atoms with van der Waals surface area (Å²) in [6.45, 7) is -0.0303. The van der Waals surface area contributed by atoms with Gasteiger partial charge in [-0.05, 0) is 43.0 Å². The summed E-state index contributed by atoms with van der Waals surface area (Å²) in [5.74, 6) is -1.35. The third-order valence-electron chi connectivity index (χ3n) is 5.58. The Kier molecular flexibility index (Phi) is 4.99. The first-order valence-electron chi connectivity index (χ1n) is 9.58. The Morgan fingerprint density at radius 1 is 1.21 bits per heavy atom. The lowest BCUT2D eigenvalue weighted by Gasteiger charge is -2.37. The highest BCUT2D eigenvalue weighted by Gasteiger charge is 2.51. The van der Waals surface area contributed by atoms with E-state index in [0.29, 0.717) is 5.69 Å². The SMILES string of the molecule is O=C1NC(=O)[C@](CNC(=O)c2cnn(-c3ccc(F)cc3)n2)(C2CCCCC2)N1. The van der Waals surface area contributed by atoms with E-state index in [1.165, 1.54) is 35.3 Å². The molecule has 152 valence electrons. The summed E-state index contributed by atoms with van der Waals surface area (Å²) in [6, 6.07) is 4.99. The number of nitrogens with zero attached hydrogens (tertiary/aromatic N) is 3. The molecule has 2 aliphatic rings. The molecule has 1 saturated carbocycles. The Bertz CT molecular complexity index is 938. The predicted octanol–water partition coefficient (Wildman–Crippen LogP) is 1.29. The molecule has 0 bridgehead atoms. The molecule has 0 unspecified atom stereocenters. The van der Waals surface area contributed by atoms with Crippen LogP contribution in [0.2, 0.25) is 0 Å². The molecule has 1 aliphatic heterocycles. The molecule has 1 aromatic carbocycles. The van der Waals surface area contributed by atoms with Crippen LogP contribution in [0, 0.1) is 11.7 Å². The lowest BCUT2D eigenvalue weighted by atomic mass is 9.74. The van der Waals surface area contributed by atoms with Crippen molar-refractivity contribution in [1.29, 1.82) is 0 Å². The molecule has 1 saturated heterocycles. The van der Waals surface area contributed by atoms with Crippen molar-refractivity contribution in [2.75, 3.05) is 6.54 Å². The minimum Gasteiger partial charge on any atom is -0.348 e. The highest BCUT2D eigenvalue weighted by molar-refractivity contribution is 6.07. The number of aromatic nitrogens is 3. The van der Waals surface area contributed by atoms with Crippen LogP contribution < -0.4 is 16.0 Å². The lowest BCUT2D eigenvalue weighted by molar-refractivity contribution is -0.126. The van der Waals surface area contributed by atoms with E-state index in [-0.39, 0.29) is 24.0 Å². The fourth-order valence-electron chi connectivity index (χ4n) is 4.03. The number of nitrogens with one attached hydrogen (secondary N) is 3. The number of rotatable bonds is 5. The van der Waals surface area contributed by atoms with Gasteiger partial charge in [0.05, 0.1) is 18.4 Å². The van der Waals surface area contributed by atoms with Crippen molar-refractivity contribution in [2.45, 2.75) is 37.6 Å². The van der Waals surface area contributed by atoms with Gasteiger partial charge in [0, 0.05) is 0 Å². The zero-order valence-corrected chi connectivity index (χ0v) is 15.7. The van der Waals surface area contributed by atoms with Gasteiger partial charge in [-0.15, -0.1) is 5.10 Å². The highest BCUT2D eigenvalue weighted by atomic mass is 19.1. The largest absolute Gasteiger partial charge is 0.348 e. The summed E-state index contributed by atoms with van der Waals surface area (Å²) < 4.78 is 13.1. The predicted molar refractivity (Wildman–Crippen MR) is 99.6 cm³/mol. The Morgan fingerprint density at radius 2 is 1.93 bits per heavy atom. The monoisotopic (exact) mass is 400 g/mol. The van der Waals surface area contributed by atoms with Gasteiger partial charge in [-0.25, -0.2) is 9.18 Å². The van der Waals surface area contributed by atoms with Gasteiger partial charge >= 0.3 is 6.03 Å². The van der Waals surface area contributed by atoms with Crippen LogP contribution in [-0.4, -0.2) is 44.9 Å². The zero-order valence-electron chi connectivity index (χ0n) is 15.7. The second-order valence-corrected chi connectivity index (χ2v) is 7.39. The molecule has 2 heterocycles. The molecule has 0 radical (unpaired) electrons. The molecule has 1 atom stereocenters. The fraction of sp³-hybridized carbons (Fsp3) is 0.421. The van der Waals surface area contributed by atoms with Gasteiger partial charge in [0.2, 0.25) is 0 Å². The number of benzene rings is 1. The van der Waals surface area contributed by atoms with Gasteiger partial charge in [0.15, 0.2) is 5.69 Å². The summed E-state index contributed by atoms with van der Waals surface area (Å²) in [6.07, 6.45) is 5.97. The van der Waals surface area contributed by atoms with E-state index in [1.54, 1.807) is 0 Å². The Balaban J connectivity index is 1.48. The van der Waals surface area contributed by atoms with Crippen LogP contribution in [0.25, 0.3) is 5.69 Å². The lowest BCUT2D eigenvalue weighted by Crippen LogP contribution is -2.60. The maximum atomic E-state index is 13.1. The van der Waals surface area contributed by atoms with Crippen molar-refractivity contribution in [3.05, 3.63) is 42.0 Å². The maximum absolute atomic E-state index is 13.1. The van der Waals surface area contributed by atoms with Gasteiger partial charge < -0.3 is 10.6 Å². The van der Waals surface area contributed by atoms with Crippen LogP contribution in [0.15, 0.2) is 30.5 Å². The molecule has 29 heavy (non-hydrogen) atoms. The first kappa shape index (κ1) is 19.0. The quantitative estimate of drug-likeness (QED) is 0.654. The first-order valence-corrected chi connectivity index (χ1v) is 9.58. The molecular formula is C19H21FN6O3.